The van der Waals surface area contributed by atoms with E-state index in [9.17, 15) is 0 Å². The van der Waals surface area contributed by atoms with E-state index in [0.29, 0.717) is 11.6 Å². The predicted molar refractivity (Wildman–Crippen MR) is 56.0 cm³/mol. The topological polar surface area (TPSA) is 80.7 Å². The van der Waals surface area contributed by atoms with E-state index in [0.717, 1.165) is 16.6 Å². The zero-order valence-corrected chi connectivity index (χ0v) is 7.77. The molecule has 5 heteroatoms. The molecule has 2 heterocycles. The molecule has 1 aromatic carbocycles. The second kappa shape index (κ2) is 2.84. The van der Waals surface area contributed by atoms with Crippen LogP contribution in [0.2, 0.25) is 0 Å². The average Bonchev–Trinajstić information content (AvgIpc) is 2.84. The number of aromatic amines is 1. The molecule has 5 nitrogen and oxygen atoms in total. The van der Waals surface area contributed by atoms with Crippen LogP contribution in [0.15, 0.2) is 35.1 Å². The fraction of sp³-hybridized carbons (Fsp3) is 0. The lowest BCUT2D eigenvalue weighted by Crippen LogP contribution is -1.80. The zero-order chi connectivity index (χ0) is 10.3. The van der Waals surface area contributed by atoms with E-state index in [1.165, 1.54) is 0 Å². The number of hydrogen-bond donors (Lipinski definition) is 2. The van der Waals surface area contributed by atoms with Crippen LogP contribution in [0, 0.1) is 0 Å². The van der Waals surface area contributed by atoms with Crippen LogP contribution < -0.4 is 5.73 Å². The molecule has 0 amide bonds. The second-order valence-corrected chi connectivity index (χ2v) is 3.22. The maximum Gasteiger partial charge on any atom is 0.171 e. The minimum absolute atomic E-state index is 0.373. The number of rotatable bonds is 1. The van der Waals surface area contributed by atoms with E-state index in [4.69, 9.17) is 10.3 Å². The number of para-hydroxylation sites is 1. The van der Waals surface area contributed by atoms with Crippen molar-refractivity contribution in [3.05, 3.63) is 30.6 Å². The molecule has 0 bridgehead atoms. The van der Waals surface area contributed by atoms with E-state index < -0.39 is 0 Å². The van der Waals surface area contributed by atoms with Crippen LogP contribution in [0.5, 0.6) is 0 Å². The Morgan fingerprint density at radius 3 is 3.07 bits per heavy atom. The van der Waals surface area contributed by atoms with Gasteiger partial charge in [0.2, 0.25) is 0 Å². The maximum absolute atomic E-state index is 5.50. The lowest BCUT2D eigenvalue weighted by atomic mass is 10.1. The molecule has 74 valence electrons. The van der Waals surface area contributed by atoms with Crippen molar-refractivity contribution in [1.82, 2.24) is 15.1 Å². The fourth-order valence-corrected chi connectivity index (χ4v) is 1.58. The van der Waals surface area contributed by atoms with Crippen molar-refractivity contribution in [2.75, 3.05) is 5.73 Å². The van der Waals surface area contributed by atoms with Crippen molar-refractivity contribution in [2.24, 2.45) is 0 Å². The maximum atomic E-state index is 5.50. The summed E-state index contributed by atoms with van der Waals surface area (Å²) in [5.74, 6) is 1.00. The molecule has 0 aliphatic rings. The van der Waals surface area contributed by atoms with E-state index in [2.05, 4.69) is 15.1 Å². The van der Waals surface area contributed by atoms with Gasteiger partial charge in [0.25, 0.3) is 0 Å². The summed E-state index contributed by atoms with van der Waals surface area (Å²) >= 11 is 0. The summed E-state index contributed by atoms with van der Waals surface area (Å²) in [5.41, 5.74) is 8.21. The minimum Gasteiger partial charge on any atom is -0.381 e. The number of nitrogens with two attached hydrogens (primary N) is 1. The van der Waals surface area contributed by atoms with Crippen molar-refractivity contribution in [1.29, 1.82) is 0 Å². The van der Waals surface area contributed by atoms with Gasteiger partial charge in [-0.05, 0) is 12.1 Å². The first kappa shape index (κ1) is 8.05. The number of benzene rings is 1. The molecule has 15 heavy (non-hydrogen) atoms. The Kier molecular flexibility index (Phi) is 1.53. The molecule has 0 spiro atoms. The van der Waals surface area contributed by atoms with Gasteiger partial charge in [-0.3, -0.25) is 0 Å². The normalized spacial score (nSPS) is 10.9. The standard InChI is InChI=1S/C10H8N4O/c11-9-4-8(15-14-9)6-2-1-3-7-10(6)13-5-12-7/h1-5H,(H2,11,14)(H,12,13). The Labute approximate surface area is 84.9 Å². The molecule has 0 unspecified atom stereocenters. The van der Waals surface area contributed by atoms with Gasteiger partial charge >= 0.3 is 0 Å². The van der Waals surface area contributed by atoms with Gasteiger partial charge in [-0.1, -0.05) is 11.2 Å². The summed E-state index contributed by atoms with van der Waals surface area (Å²) in [5, 5.41) is 3.65. The third-order valence-electron chi connectivity index (χ3n) is 2.24. The minimum atomic E-state index is 0.373. The highest BCUT2D eigenvalue weighted by molar-refractivity contribution is 5.90. The molecule has 0 saturated heterocycles. The monoisotopic (exact) mass is 200 g/mol. The molecule has 0 saturated carbocycles. The van der Waals surface area contributed by atoms with E-state index in [1.807, 2.05) is 18.2 Å². The van der Waals surface area contributed by atoms with E-state index >= 15 is 0 Å². The number of nitrogens with one attached hydrogen (secondary N) is 1. The predicted octanol–water partition coefficient (Wildman–Crippen LogP) is 1.80. The molecule has 0 atom stereocenters. The number of anilines is 1. The highest BCUT2D eigenvalue weighted by atomic mass is 16.5. The molecular formula is C10H8N4O. The lowest BCUT2D eigenvalue weighted by molar-refractivity contribution is 0.436. The smallest absolute Gasteiger partial charge is 0.171 e. The highest BCUT2D eigenvalue weighted by Gasteiger charge is 2.09. The molecule has 0 aliphatic carbocycles. The summed E-state index contributed by atoms with van der Waals surface area (Å²) in [4.78, 5) is 7.25. The van der Waals surface area contributed by atoms with Crippen LogP contribution in [0.4, 0.5) is 5.82 Å². The fourth-order valence-electron chi connectivity index (χ4n) is 1.58. The average molecular weight is 200 g/mol. The number of H-pyrrole nitrogens is 1. The molecular weight excluding hydrogens is 192 g/mol. The first-order valence-electron chi connectivity index (χ1n) is 4.49. The molecule has 0 radical (unpaired) electrons. The van der Waals surface area contributed by atoms with Crippen LogP contribution in [0.3, 0.4) is 0 Å². The highest BCUT2D eigenvalue weighted by Crippen LogP contribution is 2.27. The number of nitrogens with zero attached hydrogens (tertiary/aromatic N) is 2. The lowest BCUT2D eigenvalue weighted by Gasteiger charge is -1.95. The number of hydrogen-bond acceptors (Lipinski definition) is 4. The Balaban J connectivity index is 2.30. The molecule has 3 rings (SSSR count). The van der Waals surface area contributed by atoms with E-state index in [-0.39, 0.29) is 0 Å². The summed E-state index contributed by atoms with van der Waals surface area (Å²) in [6.07, 6.45) is 1.65. The quantitative estimate of drug-likeness (QED) is 0.627. The number of aromatic nitrogens is 3. The van der Waals surface area contributed by atoms with Crippen LogP contribution in [0.25, 0.3) is 22.4 Å². The second-order valence-electron chi connectivity index (χ2n) is 3.22. The van der Waals surface area contributed by atoms with Gasteiger partial charge in [0.05, 0.1) is 17.4 Å². The zero-order valence-electron chi connectivity index (χ0n) is 7.77. The van der Waals surface area contributed by atoms with Crippen LogP contribution in [0.1, 0.15) is 0 Å². The van der Waals surface area contributed by atoms with E-state index in [1.54, 1.807) is 12.4 Å². The van der Waals surface area contributed by atoms with Gasteiger partial charge < -0.3 is 15.2 Å². The Bertz CT molecular complexity index is 610. The first-order valence-corrected chi connectivity index (χ1v) is 4.49. The van der Waals surface area contributed by atoms with Gasteiger partial charge in [-0.15, -0.1) is 0 Å². The first-order chi connectivity index (χ1) is 7.34. The SMILES string of the molecule is Nc1cc(-c2cccc3[nH]cnc23)on1. The van der Waals surface area contributed by atoms with Crippen LogP contribution >= 0.6 is 0 Å². The summed E-state index contributed by atoms with van der Waals surface area (Å²) < 4.78 is 5.10. The Hall–Kier alpha value is -2.30. The number of fused-ring (bicyclic) bond motifs is 1. The van der Waals surface area contributed by atoms with Crippen molar-refractivity contribution in [2.45, 2.75) is 0 Å². The molecule has 0 aliphatic heterocycles. The largest absolute Gasteiger partial charge is 0.381 e. The van der Waals surface area contributed by atoms with Crippen LogP contribution in [-0.2, 0) is 0 Å². The third-order valence-corrected chi connectivity index (χ3v) is 2.24. The molecule has 0 fully saturated rings. The molecule has 2 aromatic heterocycles. The van der Waals surface area contributed by atoms with Gasteiger partial charge in [0.15, 0.2) is 11.6 Å². The third kappa shape index (κ3) is 1.17. The number of imidazole rings is 1. The summed E-state index contributed by atoms with van der Waals surface area (Å²) in [6, 6.07) is 7.48. The van der Waals surface area contributed by atoms with Crippen LogP contribution in [-0.4, -0.2) is 15.1 Å². The van der Waals surface area contributed by atoms with Gasteiger partial charge in [-0.25, -0.2) is 4.98 Å². The molecule has 3 aromatic rings. The summed E-state index contributed by atoms with van der Waals surface area (Å²) in [6.45, 7) is 0. The van der Waals surface area contributed by atoms with Crippen molar-refractivity contribution in [3.8, 4) is 11.3 Å². The van der Waals surface area contributed by atoms with Gasteiger partial charge in [0.1, 0.15) is 0 Å². The van der Waals surface area contributed by atoms with Gasteiger partial charge in [0, 0.05) is 11.6 Å². The Morgan fingerprint density at radius 1 is 1.33 bits per heavy atom. The van der Waals surface area contributed by atoms with Crippen molar-refractivity contribution < 1.29 is 4.52 Å². The number of nitrogen functional groups attached to an aromatic ring is 1. The van der Waals surface area contributed by atoms with Crippen molar-refractivity contribution in [3.63, 3.8) is 0 Å². The van der Waals surface area contributed by atoms with Crippen molar-refractivity contribution >= 4 is 16.9 Å². The summed E-state index contributed by atoms with van der Waals surface area (Å²) in [7, 11) is 0. The van der Waals surface area contributed by atoms with Gasteiger partial charge in [-0.2, -0.15) is 0 Å². The molecule has 3 N–H and O–H groups in total. The Morgan fingerprint density at radius 2 is 2.27 bits per heavy atom.